The van der Waals surface area contributed by atoms with Crippen molar-refractivity contribution in [3.63, 3.8) is 0 Å². The van der Waals surface area contributed by atoms with Crippen LogP contribution in [0.3, 0.4) is 0 Å². The fraction of sp³-hybridized carbons (Fsp3) is 0.364. The maximum absolute atomic E-state index is 12.5. The van der Waals surface area contributed by atoms with Gasteiger partial charge in [0, 0.05) is 23.8 Å². The number of benzene rings is 2. The molecule has 2 aromatic rings. The molecule has 0 radical (unpaired) electrons. The van der Waals surface area contributed by atoms with Crippen LogP contribution in [0.2, 0.25) is 5.02 Å². The molecule has 27 heavy (non-hydrogen) atoms. The fourth-order valence-electron chi connectivity index (χ4n) is 3.51. The number of amides is 2. The van der Waals surface area contributed by atoms with Crippen molar-refractivity contribution in [1.29, 1.82) is 0 Å². The van der Waals surface area contributed by atoms with Crippen LogP contribution in [-0.2, 0) is 16.0 Å². The average Bonchev–Trinajstić information content (AvgIpc) is 2.66. The van der Waals surface area contributed by atoms with Gasteiger partial charge in [0.15, 0.2) is 0 Å². The summed E-state index contributed by atoms with van der Waals surface area (Å²) in [4.78, 5) is 26.5. The van der Waals surface area contributed by atoms with Crippen molar-refractivity contribution < 1.29 is 9.59 Å². The van der Waals surface area contributed by atoms with Gasteiger partial charge in [-0.15, -0.1) is 0 Å². The number of carbonyl (C=O) groups excluding carboxylic acids is 2. The van der Waals surface area contributed by atoms with Gasteiger partial charge in [-0.3, -0.25) is 9.59 Å². The first-order chi connectivity index (χ1) is 13.0. The molecule has 5 heteroatoms. The van der Waals surface area contributed by atoms with Crippen molar-refractivity contribution in [3.05, 3.63) is 64.7 Å². The number of nitrogens with zero attached hydrogens (tertiary/aromatic N) is 1. The van der Waals surface area contributed by atoms with Crippen molar-refractivity contribution >= 4 is 29.1 Å². The third-order valence-electron chi connectivity index (χ3n) is 5.12. The van der Waals surface area contributed by atoms with Crippen molar-refractivity contribution in [2.45, 2.75) is 32.6 Å². The summed E-state index contributed by atoms with van der Waals surface area (Å²) >= 11 is 5.97. The predicted molar refractivity (Wildman–Crippen MR) is 109 cm³/mol. The van der Waals surface area contributed by atoms with E-state index in [2.05, 4.69) is 29.6 Å². The quantitative estimate of drug-likeness (QED) is 0.774. The molecule has 0 saturated carbocycles. The summed E-state index contributed by atoms with van der Waals surface area (Å²) in [7, 11) is 0. The summed E-state index contributed by atoms with van der Waals surface area (Å²) in [5.74, 6) is 0.196. The average molecular weight is 385 g/mol. The van der Waals surface area contributed by atoms with Crippen LogP contribution in [0.25, 0.3) is 0 Å². The first-order valence-electron chi connectivity index (χ1n) is 9.39. The Labute approximate surface area is 165 Å². The van der Waals surface area contributed by atoms with Gasteiger partial charge in [-0.25, -0.2) is 0 Å². The Morgan fingerprint density at radius 2 is 1.81 bits per heavy atom. The highest BCUT2D eigenvalue weighted by molar-refractivity contribution is 6.31. The Hall–Kier alpha value is -2.33. The largest absolute Gasteiger partial charge is 0.342 e. The van der Waals surface area contributed by atoms with Crippen molar-refractivity contribution in [2.24, 2.45) is 5.92 Å². The minimum absolute atomic E-state index is 0.106. The Morgan fingerprint density at radius 1 is 1.11 bits per heavy atom. The normalized spacial score (nSPS) is 14.8. The molecule has 0 unspecified atom stereocenters. The summed E-state index contributed by atoms with van der Waals surface area (Å²) < 4.78 is 0. The zero-order valence-corrected chi connectivity index (χ0v) is 16.3. The Kier molecular flexibility index (Phi) is 6.51. The zero-order chi connectivity index (χ0) is 19.2. The second-order valence-electron chi connectivity index (χ2n) is 7.20. The topological polar surface area (TPSA) is 49.4 Å². The van der Waals surface area contributed by atoms with Crippen LogP contribution in [0.1, 0.15) is 30.4 Å². The molecular formula is C22H25ClN2O2. The summed E-state index contributed by atoms with van der Waals surface area (Å²) in [5, 5.41) is 3.35. The Bertz CT molecular complexity index is 799. The van der Waals surface area contributed by atoms with Crippen molar-refractivity contribution in [1.82, 2.24) is 4.90 Å². The minimum Gasteiger partial charge on any atom is -0.342 e. The molecule has 0 aliphatic carbocycles. The van der Waals surface area contributed by atoms with E-state index in [1.54, 1.807) is 12.1 Å². The lowest BCUT2D eigenvalue weighted by atomic mass is 9.90. The van der Waals surface area contributed by atoms with E-state index in [0.29, 0.717) is 16.6 Å². The van der Waals surface area contributed by atoms with Gasteiger partial charge in [-0.2, -0.15) is 0 Å². The fourth-order valence-corrected chi connectivity index (χ4v) is 3.68. The molecule has 0 atom stereocenters. The number of aryl methyl sites for hydroxylation is 1. The number of hydrogen-bond donors (Lipinski definition) is 1. The lowest BCUT2D eigenvalue weighted by Gasteiger charge is -2.32. The van der Waals surface area contributed by atoms with Gasteiger partial charge in [0.05, 0.1) is 0 Å². The molecule has 0 aromatic heterocycles. The maximum atomic E-state index is 12.5. The number of halogens is 1. The van der Waals surface area contributed by atoms with E-state index in [-0.39, 0.29) is 18.2 Å². The minimum atomic E-state index is -0.295. The van der Waals surface area contributed by atoms with Crippen LogP contribution in [0.5, 0.6) is 0 Å². The second-order valence-corrected chi connectivity index (χ2v) is 7.63. The third kappa shape index (κ3) is 5.57. The van der Waals surface area contributed by atoms with Gasteiger partial charge in [0.25, 0.3) is 0 Å². The van der Waals surface area contributed by atoms with Crippen molar-refractivity contribution in [3.8, 4) is 0 Å². The molecule has 1 fully saturated rings. The van der Waals surface area contributed by atoms with Gasteiger partial charge in [0.2, 0.25) is 11.8 Å². The first kappa shape index (κ1) is 19.4. The lowest BCUT2D eigenvalue weighted by Crippen LogP contribution is -2.40. The van der Waals surface area contributed by atoms with Gasteiger partial charge in [-0.1, -0.05) is 48.0 Å². The standard InChI is InChI=1S/C22H25ClN2O2/c1-16-7-8-19(23)14-20(16)24-21(26)15-22(27)25-11-9-18(10-12-25)13-17-5-3-2-4-6-17/h2-8,14,18H,9-13,15H2,1H3,(H,24,26). The maximum Gasteiger partial charge on any atom is 0.233 e. The second kappa shape index (κ2) is 9.05. The van der Waals surface area contributed by atoms with Gasteiger partial charge >= 0.3 is 0 Å². The molecule has 1 aliphatic heterocycles. The van der Waals surface area contributed by atoms with Crippen LogP contribution >= 0.6 is 11.6 Å². The highest BCUT2D eigenvalue weighted by Crippen LogP contribution is 2.23. The molecule has 4 nitrogen and oxygen atoms in total. The SMILES string of the molecule is Cc1ccc(Cl)cc1NC(=O)CC(=O)N1CCC(Cc2ccccc2)CC1. The molecule has 1 heterocycles. The highest BCUT2D eigenvalue weighted by Gasteiger charge is 2.24. The molecule has 3 rings (SSSR count). The molecule has 1 N–H and O–H groups in total. The molecule has 1 aliphatic rings. The van der Waals surface area contributed by atoms with Crippen molar-refractivity contribution in [2.75, 3.05) is 18.4 Å². The van der Waals surface area contributed by atoms with E-state index >= 15 is 0 Å². The summed E-state index contributed by atoms with van der Waals surface area (Å²) in [6.45, 7) is 3.34. The zero-order valence-electron chi connectivity index (χ0n) is 15.6. The molecule has 2 aromatic carbocycles. The molecule has 1 saturated heterocycles. The number of piperidine rings is 1. The number of anilines is 1. The third-order valence-corrected chi connectivity index (χ3v) is 5.36. The molecule has 2 amide bonds. The number of likely N-dealkylation sites (tertiary alicyclic amines) is 1. The monoisotopic (exact) mass is 384 g/mol. The summed E-state index contributed by atoms with van der Waals surface area (Å²) in [6, 6.07) is 15.8. The van der Waals surface area contributed by atoms with E-state index in [0.717, 1.165) is 37.9 Å². The molecule has 0 spiro atoms. The van der Waals surface area contributed by atoms with Gasteiger partial charge in [0.1, 0.15) is 6.42 Å². The molecular weight excluding hydrogens is 360 g/mol. The summed E-state index contributed by atoms with van der Waals surface area (Å²) in [6.07, 6.45) is 2.89. The van der Waals surface area contributed by atoms with E-state index in [9.17, 15) is 9.59 Å². The van der Waals surface area contributed by atoms with E-state index in [1.807, 2.05) is 24.0 Å². The van der Waals surface area contributed by atoms with Gasteiger partial charge in [-0.05, 0) is 55.4 Å². The smallest absolute Gasteiger partial charge is 0.233 e. The Balaban J connectivity index is 1.46. The lowest BCUT2D eigenvalue weighted by molar-refractivity contribution is -0.135. The number of rotatable bonds is 5. The van der Waals surface area contributed by atoms with E-state index in [4.69, 9.17) is 11.6 Å². The van der Waals surface area contributed by atoms with E-state index in [1.165, 1.54) is 5.56 Å². The van der Waals surface area contributed by atoms with Crippen LogP contribution in [0, 0.1) is 12.8 Å². The van der Waals surface area contributed by atoms with Crippen LogP contribution < -0.4 is 5.32 Å². The van der Waals surface area contributed by atoms with E-state index < -0.39 is 0 Å². The van der Waals surface area contributed by atoms with Crippen LogP contribution in [0.4, 0.5) is 5.69 Å². The number of hydrogen-bond acceptors (Lipinski definition) is 2. The van der Waals surface area contributed by atoms with Gasteiger partial charge < -0.3 is 10.2 Å². The number of carbonyl (C=O) groups is 2. The Morgan fingerprint density at radius 3 is 2.52 bits per heavy atom. The first-order valence-corrected chi connectivity index (χ1v) is 9.77. The molecule has 0 bridgehead atoms. The molecule has 142 valence electrons. The van der Waals surface area contributed by atoms with Crippen LogP contribution in [0.15, 0.2) is 48.5 Å². The van der Waals surface area contributed by atoms with Crippen LogP contribution in [-0.4, -0.2) is 29.8 Å². The summed E-state index contributed by atoms with van der Waals surface area (Å²) in [5.41, 5.74) is 2.92. The predicted octanol–water partition coefficient (Wildman–Crippen LogP) is 4.46. The number of nitrogens with one attached hydrogen (secondary N) is 1. The highest BCUT2D eigenvalue weighted by atomic mass is 35.5.